The van der Waals surface area contributed by atoms with Gasteiger partial charge in [-0.2, -0.15) is 0 Å². The van der Waals surface area contributed by atoms with Gasteiger partial charge in [-0.3, -0.25) is 9.79 Å². The molecule has 0 aliphatic carbocycles. The molecule has 0 radical (unpaired) electrons. The molecule has 32 heavy (non-hydrogen) atoms. The number of amides is 1. The third-order valence-corrected chi connectivity index (χ3v) is 4.85. The van der Waals surface area contributed by atoms with Crippen LogP contribution in [0.25, 0.3) is 0 Å². The Kier molecular flexibility index (Phi) is 11.3. The lowest BCUT2D eigenvalue weighted by atomic mass is 10.1. The van der Waals surface area contributed by atoms with Crippen LogP contribution in [0, 0.1) is 5.92 Å². The zero-order chi connectivity index (χ0) is 23.2. The molecule has 0 saturated carbocycles. The van der Waals surface area contributed by atoms with Gasteiger partial charge in [-0.1, -0.05) is 49.4 Å². The number of carbonyl (C=O) groups excluding carboxylic acids is 1. The standard InChI is InChI=1S/C25H37N5O2/c1-20(18-32-19-21-9-6-5-7-10-21)16-28-25(26-2)29-17-22-11-8-12-23(15-22)24(31)27-13-14-30(3)4/h5-12,15,20H,13-14,16-19H2,1-4H3,(H,27,31)(H2,26,28,29). The monoisotopic (exact) mass is 439 g/mol. The molecule has 0 saturated heterocycles. The normalized spacial score (nSPS) is 12.5. The SMILES string of the molecule is CN=C(NCc1cccc(C(=O)NCCN(C)C)c1)NCC(C)COCc1ccccc1. The van der Waals surface area contributed by atoms with Gasteiger partial charge in [0.25, 0.3) is 5.91 Å². The van der Waals surface area contributed by atoms with E-state index in [-0.39, 0.29) is 5.91 Å². The van der Waals surface area contributed by atoms with Gasteiger partial charge in [0.2, 0.25) is 0 Å². The summed E-state index contributed by atoms with van der Waals surface area (Å²) in [4.78, 5) is 18.7. The maximum absolute atomic E-state index is 12.3. The van der Waals surface area contributed by atoms with Crippen molar-refractivity contribution in [3.05, 3.63) is 71.3 Å². The fraction of sp³-hybridized carbons (Fsp3) is 0.440. The Morgan fingerprint density at radius 2 is 1.78 bits per heavy atom. The number of carbonyl (C=O) groups is 1. The lowest BCUT2D eigenvalue weighted by Crippen LogP contribution is -2.39. The van der Waals surface area contributed by atoms with Crippen molar-refractivity contribution in [1.82, 2.24) is 20.9 Å². The van der Waals surface area contributed by atoms with Crippen molar-refractivity contribution in [1.29, 1.82) is 0 Å². The Bertz CT molecular complexity index is 839. The van der Waals surface area contributed by atoms with Gasteiger partial charge in [0, 0.05) is 38.8 Å². The lowest BCUT2D eigenvalue weighted by Gasteiger charge is -2.16. The number of aliphatic imine (C=N–C) groups is 1. The minimum Gasteiger partial charge on any atom is -0.376 e. The maximum atomic E-state index is 12.3. The van der Waals surface area contributed by atoms with Gasteiger partial charge in [-0.15, -0.1) is 0 Å². The minimum absolute atomic E-state index is 0.0551. The molecule has 0 aliphatic rings. The van der Waals surface area contributed by atoms with Crippen molar-refractivity contribution in [3.8, 4) is 0 Å². The van der Waals surface area contributed by atoms with Crippen LogP contribution in [0.4, 0.5) is 0 Å². The molecule has 3 N–H and O–H groups in total. The van der Waals surface area contributed by atoms with Crippen molar-refractivity contribution in [2.24, 2.45) is 10.9 Å². The number of hydrogen-bond donors (Lipinski definition) is 3. The third-order valence-electron chi connectivity index (χ3n) is 4.85. The first-order valence-electron chi connectivity index (χ1n) is 11.1. The number of guanidine groups is 1. The summed E-state index contributed by atoms with van der Waals surface area (Å²) in [7, 11) is 5.72. The van der Waals surface area contributed by atoms with E-state index in [1.54, 1.807) is 7.05 Å². The number of hydrogen-bond acceptors (Lipinski definition) is 4. The largest absolute Gasteiger partial charge is 0.376 e. The first kappa shape index (κ1) is 25.4. The van der Waals surface area contributed by atoms with Gasteiger partial charge in [0.1, 0.15) is 0 Å². The molecular weight excluding hydrogens is 402 g/mol. The van der Waals surface area contributed by atoms with Crippen LogP contribution in [-0.4, -0.2) is 64.2 Å². The van der Waals surface area contributed by atoms with E-state index >= 15 is 0 Å². The third kappa shape index (κ3) is 9.94. The van der Waals surface area contributed by atoms with Gasteiger partial charge in [-0.25, -0.2) is 0 Å². The summed E-state index contributed by atoms with van der Waals surface area (Å²) >= 11 is 0. The van der Waals surface area contributed by atoms with Gasteiger partial charge < -0.3 is 25.6 Å². The molecule has 0 spiro atoms. The molecule has 0 aliphatic heterocycles. The predicted molar refractivity (Wildman–Crippen MR) is 131 cm³/mol. The Labute approximate surface area is 192 Å². The molecule has 7 nitrogen and oxygen atoms in total. The molecule has 174 valence electrons. The first-order valence-corrected chi connectivity index (χ1v) is 11.1. The maximum Gasteiger partial charge on any atom is 0.251 e. The number of nitrogens with one attached hydrogen (secondary N) is 3. The van der Waals surface area contributed by atoms with Crippen LogP contribution in [0.1, 0.15) is 28.4 Å². The molecule has 2 aromatic rings. The van der Waals surface area contributed by atoms with Gasteiger partial charge in [0.15, 0.2) is 5.96 Å². The van der Waals surface area contributed by atoms with E-state index < -0.39 is 0 Å². The smallest absolute Gasteiger partial charge is 0.251 e. The van der Waals surface area contributed by atoms with Crippen LogP contribution in [0.3, 0.4) is 0 Å². The number of ether oxygens (including phenoxy) is 1. The molecule has 2 aromatic carbocycles. The summed E-state index contributed by atoms with van der Waals surface area (Å²) in [5, 5.41) is 9.59. The van der Waals surface area contributed by atoms with Crippen molar-refractivity contribution in [2.75, 3.05) is 47.4 Å². The molecule has 2 rings (SSSR count). The average molecular weight is 440 g/mol. The summed E-state index contributed by atoms with van der Waals surface area (Å²) in [5.74, 6) is 1.01. The molecule has 1 atom stereocenters. The zero-order valence-corrected chi connectivity index (χ0v) is 19.7. The van der Waals surface area contributed by atoms with Crippen LogP contribution in [0.5, 0.6) is 0 Å². The van der Waals surface area contributed by atoms with E-state index in [2.05, 4.69) is 40.0 Å². The fourth-order valence-electron chi connectivity index (χ4n) is 3.01. The number of benzene rings is 2. The van der Waals surface area contributed by atoms with E-state index in [0.717, 1.165) is 24.6 Å². The topological polar surface area (TPSA) is 78.0 Å². The van der Waals surface area contributed by atoms with E-state index in [4.69, 9.17) is 4.74 Å². The average Bonchev–Trinajstić information content (AvgIpc) is 2.80. The number of likely N-dealkylation sites (N-methyl/N-ethyl adjacent to an activating group) is 1. The van der Waals surface area contributed by atoms with Gasteiger partial charge in [-0.05, 0) is 43.3 Å². The lowest BCUT2D eigenvalue weighted by molar-refractivity contribution is 0.0931. The van der Waals surface area contributed by atoms with Crippen LogP contribution in [0.15, 0.2) is 59.6 Å². The Morgan fingerprint density at radius 3 is 2.50 bits per heavy atom. The highest BCUT2D eigenvalue weighted by Gasteiger charge is 2.08. The molecule has 0 aromatic heterocycles. The quantitative estimate of drug-likeness (QED) is 0.350. The molecule has 1 amide bonds. The van der Waals surface area contributed by atoms with Crippen molar-refractivity contribution >= 4 is 11.9 Å². The van der Waals surface area contributed by atoms with Crippen LogP contribution in [-0.2, 0) is 17.9 Å². The Balaban J connectivity index is 1.71. The highest BCUT2D eigenvalue weighted by molar-refractivity contribution is 5.94. The molecular formula is C25H37N5O2. The summed E-state index contributed by atoms with van der Waals surface area (Å²) in [6.45, 7) is 6.20. The Morgan fingerprint density at radius 1 is 1.03 bits per heavy atom. The van der Waals surface area contributed by atoms with Crippen LogP contribution < -0.4 is 16.0 Å². The van der Waals surface area contributed by atoms with Crippen LogP contribution in [0.2, 0.25) is 0 Å². The number of nitrogens with zero attached hydrogens (tertiary/aromatic N) is 2. The van der Waals surface area contributed by atoms with Gasteiger partial charge in [0.05, 0.1) is 13.2 Å². The fourth-order valence-corrected chi connectivity index (χ4v) is 3.01. The van der Waals surface area contributed by atoms with Crippen molar-refractivity contribution in [3.63, 3.8) is 0 Å². The van der Waals surface area contributed by atoms with E-state index in [9.17, 15) is 4.79 Å². The summed E-state index contributed by atoms with van der Waals surface area (Å²) in [5.41, 5.74) is 2.86. The van der Waals surface area contributed by atoms with E-state index in [1.165, 1.54) is 5.56 Å². The minimum atomic E-state index is -0.0551. The summed E-state index contributed by atoms with van der Waals surface area (Å²) in [6.07, 6.45) is 0. The zero-order valence-electron chi connectivity index (χ0n) is 19.7. The van der Waals surface area contributed by atoms with Crippen LogP contribution >= 0.6 is 0 Å². The molecule has 0 heterocycles. The van der Waals surface area contributed by atoms with E-state index in [1.807, 2.05) is 61.5 Å². The first-order chi connectivity index (χ1) is 15.5. The second kappa shape index (κ2) is 14.2. The van der Waals surface area contributed by atoms with Crippen molar-refractivity contribution < 1.29 is 9.53 Å². The molecule has 1 unspecified atom stereocenters. The second-order valence-electron chi connectivity index (χ2n) is 8.17. The molecule has 0 fully saturated rings. The molecule has 0 bridgehead atoms. The highest BCUT2D eigenvalue weighted by atomic mass is 16.5. The summed E-state index contributed by atoms with van der Waals surface area (Å²) in [6, 6.07) is 17.8. The van der Waals surface area contributed by atoms with E-state index in [0.29, 0.717) is 37.8 Å². The summed E-state index contributed by atoms with van der Waals surface area (Å²) < 4.78 is 5.81. The van der Waals surface area contributed by atoms with Crippen molar-refractivity contribution in [2.45, 2.75) is 20.1 Å². The predicted octanol–water partition coefficient (Wildman–Crippen LogP) is 2.50. The number of rotatable bonds is 12. The molecule has 7 heteroatoms. The van der Waals surface area contributed by atoms with Gasteiger partial charge >= 0.3 is 0 Å². The Hall–Kier alpha value is -2.90. The highest BCUT2D eigenvalue weighted by Crippen LogP contribution is 2.06. The second-order valence-corrected chi connectivity index (χ2v) is 8.17.